The van der Waals surface area contributed by atoms with Gasteiger partial charge in [0.2, 0.25) is 0 Å². The van der Waals surface area contributed by atoms with Gasteiger partial charge in [-0.15, -0.1) is 0 Å². The van der Waals surface area contributed by atoms with E-state index in [4.69, 9.17) is 0 Å². The van der Waals surface area contributed by atoms with Crippen LogP contribution in [0.2, 0.25) is 0 Å². The van der Waals surface area contributed by atoms with Crippen molar-refractivity contribution < 1.29 is 4.57 Å². The average molecular weight is 539 g/mol. The first-order valence-corrected chi connectivity index (χ1v) is 13.1. The smallest absolute Gasteiger partial charge is 0.172 e. The summed E-state index contributed by atoms with van der Waals surface area (Å²) >= 11 is 7.66. The maximum absolute atomic E-state index is 3.83. The maximum Gasteiger partial charge on any atom is 0.172 e. The van der Waals surface area contributed by atoms with Gasteiger partial charge in [-0.2, -0.15) is 0 Å². The largest absolute Gasteiger partial charge is 0.309 e. The molecule has 0 saturated carbocycles. The van der Waals surface area contributed by atoms with E-state index < -0.39 is 0 Å². The molecule has 0 saturated heterocycles. The van der Waals surface area contributed by atoms with Crippen molar-refractivity contribution in [3.05, 3.63) is 61.3 Å². The Kier molecular flexibility index (Phi) is 11.1. The summed E-state index contributed by atoms with van der Waals surface area (Å²) in [4.78, 5) is 2.26. The Morgan fingerprint density at radius 1 is 0.800 bits per heavy atom. The zero-order valence-electron chi connectivity index (χ0n) is 19.5. The van der Waals surface area contributed by atoms with Gasteiger partial charge in [0.15, 0.2) is 18.9 Å². The Labute approximate surface area is 201 Å². The summed E-state index contributed by atoms with van der Waals surface area (Å²) in [6.45, 7) is 9.02. The Balaban J connectivity index is 2.08. The van der Waals surface area contributed by atoms with Gasteiger partial charge >= 0.3 is 0 Å². The van der Waals surface area contributed by atoms with Gasteiger partial charge in [0, 0.05) is 26.5 Å². The molecule has 1 aromatic carbocycles. The molecule has 30 heavy (non-hydrogen) atoms. The second-order valence-corrected chi connectivity index (χ2v) is 10.2. The topological polar surface area (TPSA) is 7.12 Å². The normalized spacial score (nSPS) is 11.5. The van der Waals surface area contributed by atoms with Crippen LogP contribution in [-0.4, -0.2) is 25.5 Å². The van der Waals surface area contributed by atoms with Crippen molar-refractivity contribution >= 4 is 31.9 Å². The molecule has 166 valence electrons. The van der Waals surface area contributed by atoms with Crippen LogP contribution in [-0.2, 0) is 38.6 Å². The first-order chi connectivity index (χ1) is 14.4. The lowest BCUT2D eigenvalue weighted by Gasteiger charge is -2.13. The molecule has 0 aliphatic rings. The maximum atomic E-state index is 3.83. The van der Waals surface area contributed by atoms with E-state index in [0.717, 1.165) is 38.8 Å². The minimum absolute atomic E-state index is 1.02. The summed E-state index contributed by atoms with van der Waals surface area (Å²) in [5, 5.41) is 0. The number of halogens is 2. The van der Waals surface area contributed by atoms with E-state index >= 15 is 0 Å². The molecule has 4 heteroatoms. The number of rotatable bonds is 12. The van der Waals surface area contributed by atoms with Crippen molar-refractivity contribution in [1.82, 2.24) is 4.90 Å². The Bertz CT molecular complexity index is 767. The lowest BCUT2D eigenvalue weighted by atomic mass is 9.96. The van der Waals surface area contributed by atoms with Crippen molar-refractivity contribution in [3.63, 3.8) is 0 Å². The predicted molar refractivity (Wildman–Crippen MR) is 136 cm³/mol. The summed E-state index contributed by atoms with van der Waals surface area (Å²) in [5.74, 6) is 0. The van der Waals surface area contributed by atoms with E-state index in [1.807, 2.05) is 0 Å². The third-order valence-electron chi connectivity index (χ3n) is 5.82. The summed E-state index contributed by atoms with van der Waals surface area (Å²) in [7, 11) is 4.28. The van der Waals surface area contributed by atoms with Crippen LogP contribution in [0, 0.1) is 0 Å². The number of benzene rings is 1. The molecule has 0 N–H and O–H groups in total. The molecule has 2 nitrogen and oxygen atoms in total. The fourth-order valence-electron chi connectivity index (χ4n) is 4.14. The predicted octanol–water partition coefficient (Wildman–Crippen LogP) is 6.70. The summed E-state index contributed by atoms with van der Waals surface area (Å²) < 4.78 is 4.89. The Morgan fingerprint density at radius 2 is 1.40 bits per heavy atom. The van der Waals surface area contributed by atoms with Crippen LogP contribution in [0.5, 0.6) is 0 Å². The molecular formula is C26H39Br2N2+. The lowest BCUT2D eigenvalue weighted by Crippen LogP contribution is -2.36. The van der Waals surface area contributed by atoms with E-state index in [2.05, 4.69) is 101 Å². The zero-order valence-corrected chi connectivity index (χ0v) is 22.7. The molecule has 0 aliphatic heterocycles. The molecule has 0 amide bonds. The fourth-order valence-corrected chi connectivity index (χ4v) is 5.81. The molecule has 0 unspecified atom stereocenters. The van der Waals surface area contributed by atoms with Crippen LogP contribution in [0.1, 0.15) is 67.9 Å². The molecular weight excluding hydrogens is 500 g/mol. The van der Waals surface area contributed by atoms with Crippen molar-refractivity contribution in [2.45, 2.75) is 78.7 Å². The van der Waals surface area contributed by atoms with E-state index in [1.54, 1.807) is 5.56 Å². The Hall–Kier alpha value is -0.710. The minimum Gasteiger partial charge on any atom is -0.309 e. The molecule has 0 aliphatic carbocycles. The highest BCUT2D eigenvalue weighted by molar-refractivity contribution is 9.11. The number of hydrogen-bond donors (Lipinski definition) is 0. The van der Waals surface area contributed by atoms with Crippen LogP contribution in [0.15, 0.2) is 33.5 Å². The number of unbranched alkanes of at least 4 members (excludes halogenated alkanes) is 1. The van der Waals surface area contributed by atoms with Gasteiger partial charge < -0.3 is 4.90 Å². The highest BCUT2D eigenvalue weighted by atomic mass is 79.9. The monoisotopic (exact) mass is 537 g/mol. The summed E-state index contributed by atoms with van der Waals surface area (Å²) in [6, 6.07) is 4.64. The first kappa shape index (κ1) is 25.5. The van der Waals surface area contributed by atoms with Crippen LogP contribution >= 0.6 is 31.9 Å². The third-order valence-corrected chi connectivity index (χ3v) is 7.24. The van der Waals surface area contributed by atoms with Crippen LogP contribution < -0.4 is 4.57 Å². The molecule has 0 radical (unpaired) electrons. The molecule has 2 aromatic rings. The number of aromatic nitrogens is 1. The molecule has 0 fully saturated rings. The zero-order chi connectivity index (χ0) is 22.1. The third kappa shape index (κ3) is 7.46. The number of nitrogens with zero attached hydrogens (tertiary/aromatic N) is 2. The summed E-state index contributed by atoms with van der Waals surface area (Å²) in [5.41, 5.74) is 7.41. The minimum atomic E-state index is 1.02. The number of hydrogen-bond acceptors (Lipinski definition) is 1. The van der Waals surface area contributed by atoms with Gasteiger partial charge in [0.1, 0.15) is 0 Å². The second-order valence-electron chi connectivity index (χ2n) is 8.53. The van der Waals surface area contributed by atoms with Crippen molar-refractivity contribution in [3.8, 4) is 0 Å². The standard InChI is InChI=1S/C26H39Br2N2/c1-6-11-23-21(7-2)18-30(19-22(23)8-3)15-13-20-16-25(27)24(26(28)17-20)12-9-10-14-29(4)5/h16-19H,6-15H2,1-5H3/q+1. The molecule has 1 aromatic heterocycles. The second kappa shape index (κ2) is 13.0. The SMILES string of the molecule is CCCc1c(CC)c[n+](CCc2cc(Br)c(CCCCN(C)C)c(Br)c2)cc1CC. The van der Waals surface area contributed by atoms with Gasteiger partial charge in [-0.1, -0.05) is 59.1 Å². The van der Waals surface area contributed by atoms with Gasteiger partial charge in [-0.3, -0.25) is 0 Å². The molecule has 0 atom stereocenters. The summed E-state index contributed by atoms with van der Waals surface area (Å²) in [6.07, 6.45) is 14.0. The average Bonchev–Trinajstić information content (AvgIpc) is 2.71. The highest BCUT2D eigenvalue weighted by Crippen LogP contribution is 2.29. The van der Waals surface area contributed by atoms with E-state index in [-0.39, 0.29) is 0 Å². The van der Waals surface area contributed by atoms with Gasteiger partial charge in [-0.05, 0) is 88.0 Å². The molecule has 1 heterocycles. The van der Waals surface area contributed by atoms with Crippen LogP contribution in [0.3, 0.4) is 0 Å². The molecule has 0 bridgehead atoms. The van der Waals surface area contributed by atoms with E-state index in [9.17, 15) is 0 Å². The van der Waals surface area contributed by atoms with Gasteiger partial charge in [0.25, 0.3) is 0 Å². The lowest BCUT2D eigenvalue weighted by molar-refractivity contribution is -0.697. The fraction of sp³-hybridized carbons (Fsp3) is 0.577. The number of aryl methyl sites for hydroxylation is 4. The molecule has 2 rings (SSSR count). The quantitative estimate of drug-likeness (QED) is 0.215. The first-order valence-electron chi connectivity index (χ1n) is 11.5. The van der Waals surface area contributed by atoms with E-state index in [1.165, 1.54) is 56.9 Å². The van der Waals surface area contributed by atoms with Gasteiger partial charge in [0.05, 0.1) is 0 Å². The van der Waals surface area contributed by atoms with Crippen LogP contribution in [0.4, 0.5) is 0 Å². The van der Waals surface area contributed by atoms with Crippen LogP contribution in [0.25, 0.3) is 0 Å². The molecule has 0 spiro atoms. The highest BCUT2D eigenvalue weighted by Gasteiger charge is 2.15. The van der Waals surface area contributed by atoms with E-state index in [0.29, 0.717) is 0 Å². The Morgan fingerprint density at radius 3 is 1.90 bits per heavy atom. The van der Waals surface area contributed by atoms with Crippen molar-refractivity contribution in [2.24, 2.45) is 0 Å². The van der Waals surface area contributed by atoms with Gasteiger partial charge in [-0.25, -0.2) is 4.57 Å². The van der Waals surface area contributed by atoms with Crippen molar-refractivity contribution in [1.29, 1.82) is 0 Å². The number of pyridine rings is 1. The van der Waals surface area contributed by atoms with Crippen molar-refractivity contribution in [2.75, 3.05) is 20.6 Å².